The molecule has 0 radical (unpaired) electrons. The number of methoxy groups -OCH3 is 3. The summed E-state index contributed by atoms with van der Waals surface area (Å²) < 4.78 is 13.9. The second kappa shape index (κ2) is 5.65. The third-order valence-electron chi connectivity index (χ3n) is 3.10. The molecule has 0 spiro atoms. The normalized spacial score (nSPS) is 27.4. The fourth-order valence-electron chi connectivity index (χ4n) is 2.22. The number of esters is 3. The van der Waals surface area contributed by atoms with Gasteiger partial charge in [0, 0.05) is 0 Å². The first-order chi connectivity index (χ1) is 8.04. The van der Waals surface area contributed by atoms with Crippen LogP contribution in [0.15, 0.2) is 0 Å². The maximum atomic E-state index is 11.5. The second-order valence-electron chi connectivity index (χ2n) is 3.95. The van der Waals surface area contributed by atoms with E-state index in [9.17, 15) is 14.4 Å². The van der Waals surface area contributed by atoms with Crippen LogP contribution in [-0.2, 0) is 28.6 Å². The number of ether oxygens (including phenoxy) is 3. The minimum absolute atomic E-state index is 0.263. The van der Waals surface area contributed by atoms with Crippen molar-refractivity contribution in [3.8, 4) is 0 Å². The van der Waals surface area contributed by atoms with Crippen LogP contribution in [0.25, 0.3) is 0 Å². The molecule has 0 aromatic heterocycles. The fourth-order valence-corrected chi connectivity index (χ4v) is 2.22. The van der Waals surface area contributed by atoms with Gasteiger partial charge in [0.1, 0.15) is 0 Å². The predicted molar refractivity (Wildman–Crippen MR) is 55.8 cm³/mol. The van der Waals surface area contributed by atoms with Crippen LogP contribution in [0, 0.1) is 17.8 Å². The maximum absolute atomic E-state index is 11.5. The minimum Gasteiger partial charge on any atom is -0.469 e. The molecule has 1 saturated carbocycles. The Morgan fingerprint density at radius 1 is 0.765 bits per heavy atom. The lowest BCUT2D eigenvalue weighted by Crippen LogP contribution is -2.27. The van der Waals surface area contributed by atoms with E-state index in [1.165, 1.54) is 21.3 Å². The van der Waals surface area contributed by atoms with Gasteiger partial charge in [-0.15, -0.1) is 0 Å². The van der Waals surface area contributed by atoms with Gasteiger partial charge in [0.2, 0.25) is 0 Å². The first-order valence-electron chi connectivity index (χ1n) is 5.28. The molecule has 1 aliphatic rings. The van der Waals surface area contributed by atoms with Crippen molar-refractivity contribution >= 4 is 17.9 Å². The van der Waals surface area contributed by atoms with Gasteiger partial charge in [-0.2, -0.15) is 0 Å². The molecule has 0 aliphatic heterocycles. The molecule has 17 heavy (non-hydrogen) atoms. The topological polar surface area (TPSA) is 78.9 Å². The monoisotopic (exact) mass is 244 g/mol. The van der Waals surface area contributed by atoms with Crippen LogP contribution in [0.5, 0.6) is 0 Å². The highest BCUT2D eigenvalue weighted by Crippen LogP contribution is 2.38. The minimum atomic E-state index is -0.628. The van der Waals surface area contributed by atoms with Gasteiger partial charge in [0.25, 0.3) is 0 Å². The first kappa shape index (κ1) is 13.5. The number of carbonyl (C=O) groups is 3. The number of hydrogen-bond acceptors (Lipinski definition) is 6. The molecule has 2 unspecified atom stereocenters. The van der Waals surface area contributed by atoms with Crippen LogP contribution in [-0.4, -0.2) is 39.2 Å². The van der Waals surface area contributed by atoms with Crippen molar-refractivity contribution in [1.29, 1.82) is 0 Å². The van der Waals surface area contributed by atoms with E-state index in [0.717, 1.165) is 0 Å². The van der Waals surface area contributed by atoms with E-state index < -0.39 is 35.7 Å². The second-order valence-corrected chi connectivity index (χ2v) is 3.95. The lowest BCUT2D eigenvalue weighted by molar-refractivity contribution is -0.156. The number of hydrogen-bond donors (Lipinski definition) is 0. The molecular formula is C11H16O6. The quantitative estimate of drug-likeness (QED) is 0.519. The molecular weight excluding hydrogens is 228 g/mol. The Kier molecular flexibility index (Phi) is 4.48. The van der Waals surface area contributed by atoms with Gasteiger partial charge in [0.05, 0.1) is 39.1 Å². The summed E-state index contributed by atoms with van der Waals surface area (Å²) in [6.07, 6.45) is 0.526. The summed E-state index contributed by atoms with van der Waals surface area (Å²) >= 11 is 0. The number of carbonyl (C=O) groups excluding carboxylic acids is 3. The van der Waals surface area contributed by atoms with E-state index in [4.69, 9.17) is 0 Å². The zero-order chi connectivity index (χ0) is 13.0. The summed E-state index contributed by atoms with van der Waals surface area (Å²) in [4.78, 5) is 34.4. The maximum Gasteiger partial charge on any atom is 0.309 e. The van der Waals surface area contributed by atoms with Crippen LogP contribution in [0.2, 0.25) is 0 Å². The highest BCUT2D eigenvalue weighted by molar-refractivity contribution is 5.85. The highest BCUT2D eigenvalue weighted by atomic mass is 16.5. The Bertz CT molecular complexity index is 300. The lowest BCUT2D eigenvalue weighted by Gasteiger charge is -2.14. The van der Waals surface area contributed by atoms with Crippen LogP contribution in [0.4, 0.5) is 0 Å². The molecule has 2 atom stereocenters. The van der Waals surface area contributed by atoms with Crippen molar-refractivity contribution in [3.05, 3.63) is 0 Å². The molecule has 6 nitrogen and oxygen atoms in total. The molecule has 1 fully saturated rings. The van der Waals surface area contributed by atoms with E-state index in [0.29, 0.717) is 0 Å². The van der Waals surface area contributed by atoms with Gasteiger partial charge in [-0.3, -0.25) is 14.4 Å². The Morgan fingerprint density at radius 3 is 1.41 bits per heavy atom. The molecule has 0 aromatic carbocycles. The molecule has 0 bridgehead atoms. The molecule has 6 heteroatoms. The molecule has 0 amide bonds. The van der Waals surface area contributed by atoms with E-state index in [-0.39, 0.29) is 12.8 Å². The zero-order valence-electron chi connectivity index (χ0n) is 10.1. The Hall–Kier alpha value is -1.59. The van der Waals surface area contributed by atoms with Gasteiger partial charge in [-0.05, 0) is 12.8 Å². The molecule has 1 rings (SSSR count). The van der Waals surface area contributed by atoms with Crippen molar-refractivity contribution in [2.75, 3.05) is 21.3 Å². The van der Waals surface area contributed by atoms with E-state index in [1.54, 1.807) is 0 Å². The standard InChI is InChI=1S/C11H16O6/c1-15-9(12)6-4-7(10(13)16-2)8(5-6)11(14)17-3/h6-8H,4-5H2,1-3H3. The average Bonchev–Trinajstić information content (AvgIpc) is 2.80. The summed E-state index contributed by atoms with van der Waals surface area (Å²) in [5.74, 6) is -3.11. The van der Waals surface area contributed by atoms with Gasteiger partial charge >= 0.3 is 17.9 Å². The first-order valence-corrected chi connectivity index (χ1v) is 5.28. The Labute approximate surface area is 99.2 Å². The van der Waals surface area contributed by atoms with Crippen LogP contribution >= 0.6 is 0 Å². The van der Waals surface area contributed by atoms with Crippen molar-refractivity contribution in [1.82, 2.24) is 0 Å². The van der Waals surface area contributed by atoms with E-state index in [2.05, 4.69) is 14.2 Å². The van der Waals surface area contributed by atoms with Crippen LogP contribution < -0.4 is 0 Å². The molecule has 1 aliphatic carbocycles. The summed E-state index contributed by atoms with van der Waals surface area (Å²) in [5, 5.41) is 0. The van der Waals surface area contributed by atoms with Crippen molar-refractivity contribution in [2.45, 2.75) is 12.8 Å². The van der Waals surface area contributed by atoms with E-state index in [1.807, 2.05) is 0 Å². The molecule has 0 aromatic rings. The Balaban J connectivity index is 2.82. The average molecular weight is 244 g/mol. The molecule has 96 valence electrons. The molecule has 0 saturated heterocycles. The van der Waals surface area contributed by atoms with Crippen LogP contribution in [0.1, 0.15) is 12.8 Å². The summed E-state index contributed by atoms with van der Waals surface area (Å²) in [7, 11) is 3.78. The predicted octanol–water partition coefficient (Wildman–Crippen LogP) is 0.148. The third kappa shape index (κ3) is 2.75. The summed E-state index contributed by atoms with van der Waals surface area (Å²) in [6, 6.07) is 0. The van der Waals surface area contributed by atoms with Gasteiger partial charge < -0.3 is 14.2 Å². The number of rotatable bonds is 3. The smallest absolute Gasteiger partial charge is 0.309 e. The van der Waals surface area contributed by atoms with Crippen molar-refractivity contribution < 1.29 is 28.6 Å². The zero-order valence-corrected chi connectivity index (χ0v) is 10.1. The summed E-state index contributed by atoms with van der Waals surface area (Å²) in [6.45, 7) is 0. The van der Waals surface area contributed by atoms with Crippen molar-refractivity contribution in [3.63, 3.8) is 0 Å². The molecule has 0 heterocycles. The largest absolute Gasteiger partial charge is 0.469 e. The van der Waals surface area contributed by atoms with Gasteiger partial charge in [0.15, 0.2) is 0 Å². The van der Waals surface area contributed by atoms with E-state index >= 15 is 0 Å². The molecule has 0 N–H and O–H groups in total. The Morgan fingerprint density at radius 2 is 1.12 bits per heavy atom. The lowest BCUT2D eigenvalue weighted by atomic mass is 9.96. The fraction of sp³-hybridized carbons (Fsp3) is 0.727. The summed E-state index contributed by atoms with van der Waals surface area (Å²) in [5.41, 5.74) is 0. The van der Waals surface area contributed by atoms with Gasteiger partial charge in [-0.25, -0.2) is 0 Å². The van der Waals surface area contributed by atoms with Crippen molar-refractivity contribution in [2.24, 2.45) is 17.8 Å². The third-order valence-corrected chi connectivity index (χ3v) is 3.10. The highest BCUT2D eigenvalue weighted by Gasteiger charge is 2.46. The van der Waals surface area contributed by atoms with Gasteiger partial charge in [-0.1, -0.05) is 0 Å². The van der Waals surface area contributed by atoms with Crippen LogP contribution in [0.3, 0.4) is 0 Å². The SMILES string of the molecule is COC(=O)C1CC(C(=O)OC)C(C(=O)OC)C1.